The summed E-state index contributed by atoms with van der Waals surface area (Å²) in [4.78, 5) is 21.3. The van der Waals surface area contributed by atoms with E-state index in [4.69, 9.17) is 9.73 Å². The number of benzene rings is 1. The van der Waals surface area contributed by atoms with Crippen LogP contribution in [0, 0.1) is 5.92 Å². The second-order valence-corrected chi connectivity index (χ2v) is 7.33. The van der Waals surface area contributed by atoms with Crippen LogP contribution in [0.1, 0.15) is 38.7 Å². The summed E-state index contributed by atoms with van der Waals surface area (Å²) in [6.45, 7) is 9.75. The second-order valence-electron chi connectivity index (χ2n) is 7.33. The summed E-state index contributed by atoms with van der Waals surface area (Å²) in [5.41, 5.74) is 1.34. The molecule has 0 aliphatic carbocycles. The first-order valence-electron chi connectivity index (χ1n) is 10.6. The van der Waals surface area contributed by atoms with Crippen molar-refractivity contribution in [3.8, 4) is 0 Å². The predicted octanol–water partition coefficient (Wildman–Crippen LogP) is 3.37. The minimum absolute atomic E-state index is 0. The summed E-state index contributed by atoms with van der Waals surface area (Å²) in [6.07, 6.45) is 2.70. The van der Waals surface area contributed by atoms with Gasteiger partial charge in [0, 0.05) is 32.7 Å². The number of ether oxygens (including phenoxy) is 1. The first-order valence-corrected chi connectivity index (χ1v) is 10.6. The molecule has 1 heterocycles. The Morgan fingerprint density at radius 3 is 2.55 bits per heavy atom. The molecule has 2 rings (SSSR count). The average molecular weight is 516 g/mol. The number of aliphatic imine (C=N–C) groups is 1. The number of likely N-dealkylation sites (tertiary alicyclic amines) is 1. The van der Waals surface area contributed by atoms with Crippen molar-refractivity contribution < 1.29 is 9.53 Å². The van der Waals surface area contributed by atoms with Crippen molar-refractivity contribution in [1.29, 1.82) is 0 Å². The van der Waals surface area contributed by atoms with Crippen LogP contribution in [0.5, 0.6) is 0 Å². The molecule has 1 N–H and O–H groups in total. The maximum atomic E-state index is 11.9. The van der Waals surface area contributed by atoms with E-state index < -0.39 is 0 Å². The van der Waals surface area contributed by atoms with Crippen LogP contribution >= 0.6 is 24.0 Å². The lowest BCUT2D eigenvalue weighted by Crippen LogP contribution is -2.46. The van der Waals surface area contributed by atoms with Gasteiger partial charge < -0.3 is 19.9 Å². The van der Waals surface area contributed by atoms with Gasteiger partial charge in [0.05, 0.1) is 12.5 Å². The molecule has 1 aliphatic rings. The molecule has 1 aromatic rings. The lowest BCUT2D eigenvalue weighted by Gasteiger charge is -2.33. The summed E-state index contributed by atoms with van der Waals surface area (Å²) in [5.74, 6) is 0.951. The van der Waals surface area contributed by atoms with Crippen LogP contribution in [0.4, 0.5) is 0 Å². The molecule has 0 bridgehead atoms. The fourth-order valence-corrected chi connectivity index (χ4v) is 3.51. The summed E-state index contributed by atoms with van der Waals surface area (Å²) in [7, 11) is 2.15. The number of esters is 1. The third-order valence-corrected chi connectivity index (χ3v) is 5.00. The number of guanidine groups is 1. The van der Waals surface area contributed by atoms with Crippen LogP contribution in [0.15, 0.2) is 35.3 Å². The summed E-state index contributed by atoms with van der Waals surface area (Å²) in [6, 6.07) is 10.5. The van der Waals surface area contributed by atoms with Gasteiger partial charge >= 0.3 is 5.97 Å². The topological polar surface area (TPSA) is 57.2 Å². The maximum Gasteiger partial charge on any atom is 0.309 e. The number of rotatable bonds is 9. The molecule has 0 unspecified atom stereocenters. The van der Waals surface area contributed by atoms with E-state index in [-0.39, 0.29) is 35.9 Å². The summed E-state index contributed by atoms with van der Waals surface area (Å²) >= 11 is 0. The number of hydrogen-bond donors (Lipinski definition) is 1. The van der Waals surface area contributed by atoms with Gasteiger partial charge in [0.2, 0.25) is 0 Å². The van der Waals surface area contributed by atoms with Crippen molar-refractivity contribution in [2.24, 2.45) is 10.9 Å². The number of carbonyl (C=O) groups excluding carboxylic acids is 1. The highest BCUT2D eigenvalue weighted by atomic mass is 127. The molecule has 0 atom stereocenters. The minimum Gasteiger partial charge on any atom is -0.466 e. The fraction of sp³-hybridized carbons (Fsp3) is 0.636. The Morgan fingerprint density at radius 2 is 1.93 bits per heavy atom. The molecule has 7 heteroatoms. The van der Waals surface area contributed by atoms with Crippen molar-refractivity contribution in [3.63, 3.8) is 0 Å². The smallest absolute Gasteiger partial charge is 0.309 e. The van der Waals surface area contributed by atoms with E-state index in [1.165, 1.54) is 5.56 Å². The molecule has 0 aromatic heterocycles. The largest absolute Gasteiger partial charge is 0.466 e. The van der Waals surface area contributed by atoms with E-state index in [0.717, 1.165) is 64.5 Å². The third-order valence-electron chi connectivity index (χ3n) is 5.00. The first-order chi connectivity index (χ1) is 13.6. The van der Waals surface area contributed by atoms with Gasteiger partial charge in [-0.05, 0) is 52.3 Å². The molecular formula is C22H37IN4O2. The highest BCUT2D eigenvalue weighted by Gasteiger charge is 2.27. The van der Waals surface area contributed by atoms with E-state index in [9.17, 15) is 4.79 Å². The van der Waals surface area contributed by atoms with Crippen molar-refractivity contribution in [2.75, 3.05) is 46.4 Å². The van der Waals surface area contributed by atoms with Crippen LogP contribution < -0.4 is 5.32 Å². The quantitative estimate of drug-likeness (QED) is 0.179. The number of piperidine rings is 1. The van der Waals surface area contributed by atoms with Crippen LogP contribution in [0.2, 0.25) is 0 Å². The van der Waals surface area contributed by atoms with Crippen LogP contribution in [-0.2, 0) is 16.1 Å². The Bertz CT molecular complexity index is 604. The lowest BCUT2D eigenvalue weighted by atomic mass is 9.97. The first kappa shape index (κ1) is 25.7. The Labute approximate surface area is 193 Å². The molecular weight excluding hydrogens is 479 g/mol. The molecule has 29 heavy (non-hydrogen) atoms. The van der Waals surface area contributed by atoms with Gasteiger partial charge in [-0.15, -0.1) is 24.0 Å². The highest BCUT2D eigenvalue weighted by Crippen LogP contribution is 2.18. The van der Waals surface area contributed by atoms with Crippen molar-refractivity contribution in [2.45, 2.75) is 39.7 Å². The zero-order valence-electron chi connectivity index (χ0n) is 18.1. The van der Waals surface area contributed by atoms with Crippen LogP contribution in [0.3, 0.4) is 0 Å². The van der Waals surface area contributed by atoms with Crippen molar-refractivity contribution in [1.82, 2.24) is 15.1 Å². The Balaban J connectivity index is 0.00000420. The Kier molecular flexibility index (Phi) is 12.9. The second kappa shape index (κ2) is 14.6. The molecule has 1 aliphatic heterocycles. The van der Waals surface area contributed by atoms with Gasteiger partial charge in [0.25, 0.3) is 0 Å². The van der Waals surface area contributed by atoms with E-state index in [1.807, 2.05) is 6.92 Å². The molecule has 0 amide bonds. The average Bonchev–Trinajstić information content (AvgIpc) is 2.71. The molecule has 164 valence electrons. The molecule has 1 aromatic carbocycles. The van der Waals surface area contributed by atoms with Crippen molar-refractivity contribution >= 4 is 35.9 Å². The van der Waals surface area contributed by atoms with Crippen molar-refractivity contribution in [3.05, 3.63) is 35.9 Å². The normalized spacial score (nSPS) is 15.2. The standard InChI is InChI=1S/C22H36N4O2.HI/c1-4-23-22(26-16-12-20(13-17-26)21(27)28-5-2)24-14-9-15-25(3)18-19-10-7-6-8-11-19;/h6-8,10-11,20H,4-5,9,12-18H2,1-3H3,(H,23,24);1H. The minimum atomic E-state index is -0.0504. The monoisotopic (exact) mass is 516 g/mol. The number of hydrogen-bond acceptors (Lipinski definition) is 4. The number of carbonyl (C=O) groups is 1. The van der Waals surface area contributed by atoms with E-state index in [2.05, 4.69) is 59.4 Å². The Morgan fingerprint density at radius 1 is 1.24 bits per heavy atom. The number of nitrogens with one attached hydrogen (secondary N) is 1. The molecule has 0 radical (unpaired) electrons. The summed E-state index contributed by atoms with van der Waals surface area (Å²) in [5, 5.41) is 3.40. The molecule has 1 fully saturated rings. The third kappa shape index (κ3) is 9.33. The van der Waals surface area contributed by atoms with E-state index in [0.29, 0.717) is 6.61 Å². The van der Waals surface area contributed by atoms with E-state index >= 15 is 0 Å². The summed E-state index contributed by atoms with van der Waals surface area (Å²) < 4.78 is 5.16. The SMILES string of the molecule is CCNC(=NCCCN(C)Cc1ccccc1)N1CCC(C(=O)OCC)CC1.I. The molecule has 0 saturated carbocycles. The highest BCUT2D eigenvalue weighted by molar-refractivity contribution is 14.0. The van der Waals surface area contributed by atoms with Gasteiger partial charge in [-0.1, -0.05) is 30.3 Å². The van der Waals surface area contributed by atoms with Gasteiger partial charge in [0.15, 0.2) is 5.96 Å². The van der Waals surface area contributed by atoms with Gasteiger partial charge in [-0.2, -0.15) is 0 Å². The number of nitrogens with zero attached hydrogens (tertiary/aromatic N) is 3. The fourth-order valence-electron chi connectivity index (χ4n) is 3.51. The van der Waals surface area contributed by atoms with Gasteiger partial charge in [0.1, 0.15) is 0 Å². The lowest BCUT2D eigenvalue weighted by molar-refractivity contribution is -0.149. The van der Waals surface area contributed by atoms with Crippen LogP contribution in [0.25, 0.3) is 0 Å². The van der Waals surface area contributed by atoms with Gasteiger partial charge in [-0.25, -0.2) is 0 Å². The Hall–Kier alpha value is -1.35. The molecule has 6 nitrogen and oxygen atoms in total. The molecule has 1 saturated heterocycles. The maximum absolute atomic E-state index is 11.9. The zero-order valence-corrected chi connectivity index (χ0v) is 20.4. The zero-order chi connectivity index (χ0) is 20.2. The van der Waals surface area contributed by atoms with Gasteiger partial charge in [-0.3, -0.25) is 9.79 Å². The molecule has 0 spiro atoms. The number of halogens is 1. The predicted molar refractivity (Wildman–Crippen MR) is 130 cm³/mol. The van der Waals surface area contributed by atoms with Crippen LogP contribution in [-0.4, -0.2) is 68.1 Å². The van der Waals surface area contributed by atoms with E-state index in [1.54, 1.807) is 0 Å².